The van der Waals surface area contributed by atoms with Crippen LogP contribution in [0.3, 0.4) is 0 Å². The number of carbonyl (C=O) groups excluding carboxylic acids is 1. The maximum atomic E-state index is 12.5. The number of carbonyl (C=O) groups is 2. The number of hydrogen-bond acceptors (Lipinski definition) is 3. The summed E-state index contributed by atoms with van der Waals surface area (Å²) in [6.07, 6.45) is 7.95. The summed E-state index contributed by atoms with van der Waals surface area (Å²) < 4.78 is 0. The molecule has 4 rings (SSSR count). The smallest absolute Gasteiger partial charge is 0.407 e. The molecular weight excluding hydrogens is 320 g/mol. The minimum atomic E-state index is -0.792. The maximum Gasteiger partial charge on any atom is 0.407 e. The van der Waals surface area contributed by atoms with Gasteiger partial charge in [-0.2, -0.15) is 0 Å². The second-order valence-corrected chi connectivity index (χ2v) is 8.08. The van der Waals surface area contributed by atoms with E-state index in [9.17, 15) is 9.59 Å². The molecular formula is C18H30N4O3. The first-order valence-corrected chi connectivity index (χ1v) is 9.94. The van der Waals surface area contributed by atoms with E-state index >= 15 is 0 Å². The number of fused-ring (bicyclic) bond motifs is 1. The molecule has 3 aliphatic heterocycles. The van der Waals surface area contributed by atoms with Crippen molar-refractivity contribution in [3.8, 4) is 0 Å². The summed E-state index contributed by atoms with van der Waals surface area (Å²) in [5, 5.41) is 12.3. The standard InChI is InChI=1S/C18H30N4O3/c23-17-19-15-3-1-2-4-16(15)22(17)14-7-9-20(10-8-14)13-5-11-21(12-6-13)18(24)25/h13-16H,1-12H2,(H,19,23)(H,24,25)/t15-,16-/m1/s1. The van der Waals surface area contributed by atoms with E-state index < -0.39 is 6.09 Å². The average molecular weight is 350 g/mol. The third-order valence-electron chi connectivity index (χ3n) is 6.77. The van der Waals surface area contributed by atoms with E-state index in [0.717, 1.165) is 51.6 Å². The van der Waals surface area contributed by atoms with Crippen LogP contribution in [-0.4, -0.2) is 82.3 Å². The number of carboxylic acid groups (broad SMARTS) is 1. The van der Waals surface area contributed by atoms with Crippen LogP contribution in [0.15, 0.2) is 0 Å². The van der Waals surface area contributed by atoms with Crippen molar-refractivity contribution in [2.45, 2.75) is 75.5 Å². The first-order valence-electron chi connectivity index (χ1n) is 9.94. The van der Waals surface area contributed by atoms with Gasteiger partial charge in [-0.25, -0.2) is 9.59 Å². The Morgan fingerprint density at radius 1 is 0.920 bits per heavy atom. The number of urea groups is 1. The fraction of sp³-hybridized carbons (Fsp3) is 0.889. The van der Waals surface area contributed by atoms with Gasteiger partial charge in [-0.15, -0.1) is 0 Å². The van der Waals surface area contributed by atoms with Crippen LogP contribution in [0.1, 0.15) is 51.4 Å². The molecule has 0 aromatic carbocycles. The van der Waals surface area contributed by atoms with Crippen LogP contribution in [0.5, 0.6) is 0 Å². The van der Waals surface area contributed by atoms with E-state index in [-0.39, 0.29) is 6.03 Å². The first-order chi connectivity index (χ1) is 12.1. The van der Waals surface area contributed by atoms with Crippen molar-refractivity contribution < 1.29 is 14.7 Å². The van der Waals surface area contributed by atoms with Gasteiger partial charge < -0.3 is 25.1 Å². The fourth-order valence-electron chi connectivity index (χ4n) is 5.38. The van der Waals surface area contributed by atoms with Crippen LogP contribution in [-0.2, 0) is 0 Å². The Labute approximate surface area is 149 Å². The molecule has 0 radical (unpaired) electrons. The molecule has 2 N–H and O–H groups in total. The first kappa shape index (κ1) is 16.9. The lowest BCUT2D eigenvalue weighted by atomic mass is 9.89. The Balaban J connectivity index is 1.30. The zero-order valence-electron chi connectivity index (χ0n) is 14.9. The number of rotatable bonds is 2. The van der Waals surface area contributed by atoms with Crippen LogP contribution < -0.4 is 5.32 Å². The van der Waals surface area contributed by atoms with Gasteiger partial charge in [0.05, 0.1) is 12.1 Å². The number of amides is 3. The van der Waals surface area contributed by atoms with Crippen molar-refractivity contribution in [3.63, 3.8) is 0 Å². The van der Waals surface area contributed by atoms with Gasteiger partial charge in [0.15, 0.2) is 0 Å². The van der Waals surface area contributed by atoms with Gasteiger partial charge in [0.25, 0.3) is 0 Å². The second kappa shape index (κ2) is 7.02. The molecule has 2 atom stereocenters. The van der Waals surface area contributed by atoms with Crippen molar-refractivity contribution in [3.05, 3.63) is 0 Å². The Morgan fingerprint density at radius 2 is 1.56 bits per heavy atom. The molecule has 140 valence electrons. The lowest BCUT2D eigenvalue weighted by molar-refractivity contribution is 0.0553. The van der Waals surface area contributed by atoms with Crippen molar-refractivity contribution in [2.24, 2.45) is 0 Å². The number of nitrogens with one attached hydrogen (secondary N) is 1. The molecule has 7 heteroatoms. The van der Waals surface area contributed by atoms with Crippen molar-refractivity contribution >= 4 is 12.1 Å². The molecule has 3 amide bonds. The molecule has 0 spiro atoms. The molecule has 4 aliphatic rings. The zero-order chi connectivity index (χ0) is 17.4. The van der Waals surface area contributed by atoms with E-state index in [0.29, 0.717) is 37.3 Å². The molecule has 3 heterocycles. The van der Waals surface area contributed by atoms with Gasteiger partial charge in [0, 0.05) is 38.3 Å². The van der Waals surface area contributed by atoms with E-state index in [1.165, 1.54) is 17.7 Å². The minimum Gasteiger partial charge on any atom is -0.465 e. The summed E-state index contributed by atoms with van der Waals surface area (Å²) in [4.78, 5) is 29.7. The Bertz CT molecular complexity index is 512. The molecule has 0 aromatic rings. The Hall–Kier alpha value is -1.50. The van der Waals surface area contributed by atoms with E-state index in [1.807, 2.05) is 0 Å². The summed E-state index contributed by atoms with van der Waals surface area (Å²) in [6, 6.07) is 1.83. The minimum absolute atomic E-state index is 0.158. The number of nitrogens with zero attached hydrogens (tertiary/aromatic N) is 3. The molecule has 0 aromatic heterocycles. The number of hydrogen-bond donors (Lipinski definition) is 2. The Morgan fingerprint density at radius 3 is 2.24 bits per heavy atom. The topological polar surface area (TPSA) is 76.1 Å². The highest BCUT2D eigenvalue weighted by molar-refractivity contribution is 5.78. The van der Waals surface area contributed by atoms with Gasteiger partial charge in [-0.1, -0.05) is 12.8 Å². The summed E-state index contributed by atoms with van der Waals surface area (Å²) in [5.41, 5.74) is 0. The van der Waals surface area contributed by atoms with Crippen molar-refractivity contribution in [2.75, 3.05) is 26.2 Å². The van der Waals surface area contributed by atoms with Gasteiger partial charge in [-0.3, -0.25) is 0 Å². The van der Waals surface area contributed by atoms with Crippen LogP contribution >= 0.6 is 0 Å². The predicted octanol–water partition coefficient (Wildman–Crippen LogP) is 1.93. The SMILES string of the molecule is O=C(O)N1CCC(N2CCC(N3C(=O)N[C@@H]4CCCC[C@H]43)CC2)CC1. The highest BCUT2D eigenvalue weighted by atomic mass is 16.4. The molecule has 7 nitrogen and oxygen atoms in total. The van der Waals surface area contributed by atoms with Crippen LogP contribution in [0, 0.1) is 0 Å². The van der Waals surface area contributed by atoms with Gasteiger partial charge >= 0.3 is 12.1 Å². The van der Waals surface area contributed by atoms with Crippen molar-refractivity contribution in [1.29, 1.82) is 0 Å². The highest BCUT2D eigenvalue weighted by Crippen LogP contribution is 2.33. The van der Waals surface area contributed by atoms with E-state index in [4.69, 9.17) is 5.11 Å². The number of piperidine rings is 2. The zero-order valence-corrected chi connectivity index (χ0v) is 14.9. The third kappa shape index (κ3) is 3.30. The lowest BCUT2D eigenvalue weighted by Crippen LogP contribution is -2.53. The summed E-state index contributed by atoms with van der Waals surface area (Å²) in [7, 11) is 0. The van der Waals surface area contributed by atoms with Gasteiger partial charge in [0.2, 0.25) is 0 Å². The quantitative estimate of drug-likeness (QED) is 0.798. The summed E-state index contributed by atoms with van der Waals surface area (Å²) >= 11 is 0. The summed E-state index contributed by atoms with van der Waals surface area (Å²) in [5.74, 6) is 0. The molecule has 3 saturated heterocycles. The maximum absolute atomic E-state index is 12.5. The third-order valence-corrected chi connectivity index (χ3v) is 6.77. The van der Waals surface area contributed by atoms with Gasteiger partial charge in [0.1, 0.15) is 0 Å². The normalized spacial score (nSPS) is 32.6. The molecule has 1 saturated carbocycles. The second-order valence-electron chi connectivity index (χ2n) is 8.08. The number of likely N-dealkylation sites (tertiary alicyclic amines) is 2. The van der Waals surface area contributed by atoms with E-state index in [2.05, 4.69) is 15.1 Å². The van der Waals surface area contributed by atoms with Crippen LogP contribution in [0.4, 0.5) is 9.59 Å². The predicted molar refractivity (Wildman–Crippen MR) is 93.6 cm³/mol. The van der Waals surface area contributed by atoms with E-state index in [1.54, 1.807) is 0 Å². The Kier molecular flexibility index (Phi) is 4.75. The lowest BCUT2D eigenvalue weighted by Gasteiger charge is -2.44. The van der Waals surface area contributed by atoms with Gasteiger partial charge in [-0.05, 0) is 38.5 Å². The molecule has 0 unspecified atom stereocenters. The fourth-order valence-corrected chi connectivity index (χ4v) is 5.38. The molecule has 1 aliphatic carbocycles. The molecule has 0 bridgehead atoms. The largest absolute Gasteiger partial charge is 0.465 e. The average Bonchev–Trinajstić information content (AvgIpc) is 2.97. The van der Waals surface area contributed by atoms with Crippen LogP contribution in [0.2, 0.25) is 0 Å². The van der Waals surface area contributed by atoms with Crippen LogP contribution in [0.25, 0.3) is 0 Å². The summed E-state index contributed by atoms with van der Waals surface area (Å²) in [6.45, 7) is 3.36. The molecule has 4 fully saturated rings. The highest BCUT2D eigenvalue weighted by Gasteiger charge is 2.44. The van der Waals surface area contributed by atoms with Crippen molar-refractivity contribution in [1.82, 2.24) is 20.0 Å². The monoisotopic (exact) mass is 350 g/mol. The molecule has 25 heavy (non-hydrogen) atoms.